The topological polar surface area (TPSA) is 47.9 Å². The summed E-state index contributed by atoms with van der Waals surface area (Å²) in [4.78, 5) is 16.8. The lowest BCUT2D eigenvalue weighted by atomic mass is 10.0. The lowest BCUT2D eigenvalue weighted by Crippen LogP contribution is -2.05. The number of esters is 1. The van der Waals surface area contributed by atoms with E-state index in [9.17, 15) is 4.79 Å². The van der Waals surface area contributed by atoms with Gasteiger partial charge < -0.3 is 9.47 Å². The Bertz CT molecular complexity index is 1140. The number of para-hydroxylation sites is 1. The molecule has 0 bridgehead atoms. The van der Waals surface area contributed by atoms with E-state index in [4.69, 9.17) is 9.47 Å². The molecule has 1 heterocycles. The van der Waals surface area contributed by atoms with Gasteiger partial charge in [0.25, 0.3) is 0 Å². The molecule has 4 nitrogen and oxygen atoms in total. The molecule has 0 aromatic heterocycles. The first-order valence-corrected chi connectivity index (χ1v) is 9.65. The standard InChI is InChI=1S/C26H21NO3/c1-18(2)17-29-24-11-7-6-10-22(24)16-23-26(28)30-25(27-23)21-14-12-20(13-15-21)19-8-4-3-5-9-19/h3-16H,1,17H2,2H3/b23-16-. The first-order chi connectivity index (χ1) is 14.6. The van der Waals surface area contributed by atoms with E-state index in [1.54, 1.807) is 6.08 Å². The van der Waals surface area contributed by atoms with E-state index >= 15 is 0 Å². The molecular formula is C26H21NO3. The first kappa shape index (κ1) is 19.4. The third-order valence-electron chi connectivity index (χ3n) is 4.54. The SMILES string of the molecule is C=C(C)COc1ccccc1/C=C1\N=C(c2ccc(-c3ccccc3)cc2)OC1=O. The lowest BCUT2D eigenvalue weighted by Gasteiger charge is -2.08. The highest BCUT2D eigenvalue weighted by Gasteiger charge is 2.24. The van der Waals surface area contributed by atoms with Gasteiger partial charge in [0.05, 0.1) is 0 Å². The van der Waals surface area contributed by atoms with E-state index in [0.29, 0.717) is 18.3 Å². The summed E-state index contributed by atoms with van der Waals surface area (Å²) >= 11 is 0. The Labute approximate surface area is 175 Å². The van der Waals surface area contributed by atoms with Crippen molar-refractivity contribution >= 4 is 17.9 Å². The largest absolute Gasteiger partial charge is 0.489 e. The molecule has 0 radical (unpaired) electrons. The molecular weight excluding hydrogens is 374 g/mol. The molecule has 30 heavy (non-hydrogen) atoms. The maximum atomic E-state index is 12.4. The van der Waals surface area contributed by atoms with Gasteiger partial charge in [0.2, 0.25) is 5.90 Å². The normalized spacial score (nSPS) is 14.4. The Hall–Kier alpha value is -3.92. The first-order valence-electron chi connectivity index (χ1n) is 9.65. The Morgan fingerprint density at radius 3 is 2.30 bits per heavy atom. The molecule has 0 aliphatic carbocycles. The van der Waals surface area contributed by atoms with E-state index in [1.165, 1.54) is 0 Å². The average Bonchev–Trinajstić information content (AvgIpc) is 3.14. The van der Waals surface area contributed by atoms with Crippen molar-refractivity contribution in [1.82, 2.24) is 0 Å². The fourth-order valence-corrected chi connectivity index (χ4v) is 3.05. The van der Waals surface area contributed by atoms with E-state index in [-0.39, 0.29) is 5.70 Å². The van der Waals surface area contributed by atoms with Crippen molar-refractivity contribution in [2.75, 3.05) is 6.61 Å². The lowest BCUT2D eigenvalue weighted by molar-refractivity contribution is -0.129. The third-order valence-corrected chi connectivity index (χ3v) is 4.54. The summed E-state index contributed by atoms with van der Waals surface area (Å²) < 4.78 is 11.2. The van der Waals surface area contributed by atoms with Crippen LogP contribution >= 0.6 is 0 Å². The second-order valence-electron chi connectivity index (χ2n) is 7.06. The van der Waals surface area contributed by atoms with Crippen LogP contribution in [0.4, 0.5) is 0 Å². The summed E-state index contributed by atoms with van der Waals surface area (Å²) in [5.74, 6) is 0.481. The fourth-order valence-electron chi connectivity index (χ4n) is 3.05. The number of rotatable bonds is 6. The zero-order valence-corrected chi connectivity index (χ0v) is 16.7. The van der Waals surface area contributed by atoms with Crippen LogP contribution in [0.1, 0.15) is 18.1 Å². The van der Waals surface area contributed by atoms with Crippen LogP contribution in [-0.2, 0) is 9.53 Å². The number of hydrogen-bond donors (Lipinski definition) is 0. The van der Waals surface area contributed by atoms with Gasteiger partial charge in [-0.15, -0.1) is 0 Å². The van der Waals surface area contributed by atoms with Gasteiger partial charge in [-0.05, 0) is 47.9 Å². The predicted molar refractivity (Wildman–Crippen MR) is 119 cm³/mol. The molecule has 4 rings (SSSR count). The van der Waals surface area contributed by atoms with Crippen molar-refractivity contribution in [2.45, 2.75) is 6.92 Å². The number of cyclic esters (lactones) is 1. The third kappa shape index (κ3) is 4.39. The quantitative estimate of drug-likeness (QED) is 0.308. The van der Waals surface area contributed by atoms with E-state index < -0.39 is 5.97 Å². The maximum absolute atomic E-state index is 12.4. The monoisotopic (exact) mass is 395 g/mol. The minimum atomic E-state index is -0.480. The van der Waals surface area contributed by atoms with Crippen molar-refractivity contribution in [1.29, 1.82) is 0 Å². The Kier molecular flexibility index (Phi) is 5.57. The number of benzene rings is 3. The number of carbonyl (C=O) groups is 1. The summed E-state index contributed by atoms with van der Waals surface area (Å²) in [6.45, 7) is 6.16. The van der Waals surface area contributed by atoms with Crippen LogP contribution in [0.3, 0.4) is 0 Å². The van der Waals surface area contributed by atoms with Crippen molar-refractivity contribution in [2.24, 2.45) is 4.99 Å². The molecule has 148 valence electrons. The summed E-state index contributed by atoms with van der Waals surface area (Å²) in [5.41, 5.74) is 4.87. The second-order valence-corrected chi connectivity index (χ2v) is 7.06. The molecule has 0 unspecified atom stereocenters. The van der Waals surface area contributed by atoms with Gasteiger partial charge in [-0.2, -0.15) is 0 Å². The number of aliphatic imine (C=N–C) groups is 1. The predicted octanol–water partition coefficient (Wildman–Crippen LogP) is 5.65. The van der Waals surface area contributed by atoms with Gasteiger partial charge in [-0.25, -0.2) is 9.79 Å². The van der Waals surface area contributed by atoms with Crippen molar-refractivity contribution in [3.63, 3.8) is 0 Å². The van der Waals surface area contributed by atoms with Crippen LogP contribution in [0.5, 0.6) is 5.75 Å². The molecule has 4 heteroatoms. The Morgan fingerprint density at radius 2 is 1.57 bits per heavy atom. The smallest absolute Gasteiger partial charge is 0.363 e. The zero-order chi connectivity index (χ0) is 20.9. The van der Waals surface area contributed by atoms with E-state index in [1.807, 2.05) is 73.7 Å². The Balaban J connectivity index is 1.58. The summed E-state index contributed by atoms with van der Waals surface area (Å²) in [7, 11) is 0. The molecule has 1 aliphatic heterocycles. The van der Waals surface area contributed by atoms with Crippen molar-refractivity contribution < 1.29 is 14.3 Å². The van der Waals surface area contributed by atoms with Gasteiger partial charge in [0, 0.05) is 11.1 Å². The maximum Gasteiger partial charge on any atom is 0.363 e. The second kappa shape index (κ2) is 8.62. The molecule has 0 atom stereocenters. The van der Waals surface area contributed by atoms with Gasteiger partial charge in [-0.1, -0.05) is 67.2 Å². The highest BCUT2D eigenvalue weighted by atomic mass is 16.6. The van der Waals surface area contributed by atoms with Gasteiger partial charge in [0.15, 0.2) is 5.70 Å². The number of hydrogen-bond acceptors (Lipinski definition) is 4. The number of ether oxygens (including phenoxy) is 2. The van der Waals surface area contributed by atoms with Crippen LogP contribution in [0.2, 0.25) is 0 Å². The number of nitrogens with zero attached hydrogens (tertiary/aromatic N) is 1. The molecule has 3 aromatic rings. The van der Waals surface area contributed by atoms with E-state index in [2.05, 4.69) is 23.7 Å². The van der Waals surface area contributed by atoms with Crippen LogP contribution < -0.4 is 4.74 Å². The molecule has 0 spiro atoms. The van der Waals surface area contributed by atoms with E-state index in [0.717, 1.165) is 27.8 Å². The minimum absolute atomic E-state index is 0.239. The molecule has 0 saturated heterocycles. The fraction of sp³-hybridized carbons (Fsp3) is 0.0769. The van der Waals surface area contributed by atoms with Crippen molar-refractivity contribution in [3.8, 4) is 16.9 Å². The van der Waals surface area contributed by atoms with Gasteiger partial charge >= 0.3 is 5.97 Å². The summed E-state index contributed by atoms with van der Waals surface area (Å²) in [6.07, 6.45) is 1.68. The van der Waals surface area contributed by atoms with Crippen LogP contribution in [0, 0.1) is 0 Å². The Morgan fingerprint density at radius 1 is 0.933 bits per heavy atom. The van der Waals surface area contributed by atoms with Gasteiger partial charge in [0.1, 0.15) is 12.4 Å². The summed E-state index contributed by atoms with van der Waals surface area (Å²) in [6, 6.07) is 25.4. The van der Waals surface area contributed by atoms with Gasteiger partial charge in [-0.3, -0.25) is 0 Å². The average molecular weight is 395 g/mol. The highest BCUT2D eigenvalue weighted by molar-refractivity contribution is 6.13. The van der Waals surface area contributed by atoms with Crippen LogP contribution in [0.15, 0.2) is 102 Å². The molecule has 1 aliphatic rings. The highest BCUT2D eigenvalue weighted by Crippen LogP contribution is 2.26. The molecule has 0 saturated carbocycles. The molecule has 0 fully saturated rings. The zero-order valence-electron chi connectivity index (χ0n) is 16.7. The minimum Gasteiger partial charge on any atom is -0.489 e. The van der Waals surface area contributed by atoms with Crippen LogP contribution in [0.25, 0.3) is 17.2 Å². The molecule has 3 aromatic carbocycles. The molecule has 0 amide bonds. The van der Waals surface area contributed by atoms with Crippen LogP contribution in [-0.4, -0.2) is 18.5 Å². The summed E-state index contributed by atoms with van der Waals surface area (Å²) in [5, 5.41) is 0. The van der Waals surface area contributed by atoms with Crippen molar-refractivity contribution in [3.05, 3.63) is 108 Å². The molecule has 0 N–H and O–H groups in total. The number of carbonyl (C=O) groups excluding carboxylic acids is 1.